The van der Waals surface area contributed by atoms with E-state index in [0.29, 0.717) is 11.3 Å². The monoisotopic (exact) mass is 418 g/mol. The van der Waals surface area contributed by atoms with Gasteiger partial charge in [0, 0.05) is 11.1 Å². The van der Waals surface area contributed by atoms with Crippen molar-refractivity contribution in [3.63, 3.8) is 0 Å². The second-order valence-electron chi connectivity index (χ2n) is 6.44. The van der Waals surface area contributed by atoms with Crippen molar-refractivity contribution in [2.75, 3.05) is 25.1 Å². The van der Waals surface area contributed by atoms with Crippen LogP contribution in [-0.4, -0.2) is 38.0 Å². The number of benzene rings is 2. The van der Waals surface area contributed by atoms with Crippen LogP contribution < -0.4 is 10.2 Å². The van der Waals surface area contributed by atoms with Gasteiger partial charge < -0.3 is 10.1 Å². The number of esters is 1. The van der Waals surface area contributed by atoms with Crippen molar-refractivity contribution in [1.82, 2.24) is 5.32 Å². The molecule has 156 valence electrons. The van der Waals surface area contributed by atoms with Crippen LogP contribution in [0.3, 0.4) is 0 Å². The molecule has 30 heavy (non-hydrogen) atoms. The first kappa shape index (κ1) is 21.1. The predicted molar refractivity (Wildman–Crippen MR) is 103 cm³/mol. The zero-order valence-corrected chi connectivity index (χ0v) is 15.8. The number of rotatable bonds is 5. The molecule has 0 aliphatic carbocycles. The first-order valence-electron chi connectivity index (χ1n) is 8.84. The molecule has 1 aliphatic rings. The Labute approximate surface area is 169 Å². The van der Waals surface area contributed by atoms with Crippen LogP contribution in [0.4, 0.5) is 18.9 Å². The molecule has 2 aromatic carbocycles. The van der Waals surface area contributed by atoms with Gasteiger partial charge in [-0.1, -0.05) is 30.3 Å². The summed E-state index contributed by atoms with van der Waals surface area (Å²) in [5, 5.41) is 2.35. The number of anilines is 1. The van der Waals surface area contributed by atoms with Crippen molar-refractivity contribution in [3.05, 3.63) is 65.2 Å². The van der Waals surface area contributed by atoms with Gasteiger partial charge in [0.25, 0.3) is 5.91 Å². The van der Waals surface area contributed by atoms with Crippen LogP contribution in [0.1, 0.15) is 16.7 Å². The Kier molecular flexibility index (Phi) is 5.91. The number of carbonyl (C=O) groups excluding carboxylic acids is 3. The lowest BCUT2D eigenvalue weighted by atomic mass is 10.0. The summed E-state index contributed by atoms with van der Waals surface area (Å²) in [5.41, 5.74) is 0.509. The molecule has 3 rings (SSSR count). The normalized spacial score (nSPS) is 14.6. The van der Waals surface area contributed by atoms with Gasteiger partial charge in [-0.2, -0.15) is 13.2 Å². The van der Waals surface area contributed by atoms with E-state index < -0.39 is 29.5 Å². The zero-order chi connectivity index (χ0) is 21.9. The van der Waals surface area contributed by atoms with Crippen LogP contribution in [0.2, 0.25) is 0 Å². The number of ether oxygens (including phenoxy) is 1. The maximum Gasteiger partial charge on any atom is 0.416 e. The van der Waals surface area contributed by atoms with Crippen molar-refractivity contribution in [3.8, 4) is 0 Å². The lowest BCUT2D eigenvalue weighted by Crippen LogP contribution is -2.40. The molecule has 1 aliphatic heterocycles. The summed E-state index contributed by atoms with van der Waals surface area (Å²) in [7, 11) is 1.18. The highest BCUT2D eigenvalue weighted by Crippen LogP contribution is 2.38. The smallest absolute Gasteiger partial charge is 0.416 e. The fourth-order valence-corrected chi connectivity index (χ4v) is 3.02. The van der Waals surface area contributed by atoms with Gasteiger partial charge >= 0.3 is 12.1 Å². The van der Waals surface area contributed by atoms with Crippen molar-refractivity contribution in [1.29, 1.82) is 0 Å². The lowest BCUT2D eigenvalue weighted by molar-refractivity contribution is -0.141. The third-order valence-electron chi connectivity index (χ3n) is 4.44. The van der Waals surface area contributed by atoms with Gasteiger partial charge in [0.2, 0.25) is 5.91 Å². The summed E-state index contributed by atoms with van der Waals surface area (Å²) in [6.45, 7) is -0.696. The molecule has 0 atom stereocenters. The summed E-state index contributed by atoms with van der Waals surface area (Å²) >= 11 is 0. The lowest BCUT2D eigenvalue weighted by Gasteiger charge is -2.16. The van der Waals surface area contributed by atoms with Gasteiger partial charge in [-0.25, -0.2) is 0 Å². The van der Waals surface area contributed by atoms with Crippen molar-refractivity contribution < 1.29 is 32.3 Å². The van der Waals surface area contributed by atoms with E-state index in [1.807, 2.05) is 0 Å². The van der Waals surface area contributed by atoms with E-state index in [9.17, 15) is 27.6 Å². The summed E-state index contributed by atoms with van der Waals surface area (Å²) in [5.74, 6) is -1.74. The van der Waals surface area contributed by atoms with Gasteiger partial charge in [0.15, 0.2) is 0 Å². The minimum absolute atomic E-state index is 0.172. The maximum atomic E-state index is 13.0. The Balaban J connectivity index is 1.89. The van der Waals surface area contributed by atoms with Crippen LogP contribution in [0, 0.1) is 0 Å². The topological polar surface area (TPSA) is 75.7 Å². The fourth-order valence-electron chi connectivity index (χ4n) is 3.02. The van der Waals surface area contributed by atoms with Gasteiger partial charge in [-0.15, -0.1) is 0 Å². The number of hydrogen-bond acceptors (Lipinski definition) is 4. The Hall–Kier alpha value is -3.62. The number of para-hydroxylation sites is 1. The molecular formula is C21H17F3N2O4. The predicted octanol–water partition coefficient (Wildman–Crippen LogP) is 2.88. The standard InChI is InChI=1S/C21H17F3N2O4/c1-30-19(28)11-25-18(27)12-26-17-8-3-2-7-15(17)16(20(26)29)10-13-5-4-6-14(9-13)21(22,23)24/h2-10H,11-12H2,1H3,(H,25,27)/b16-10-. The van der Waals surface area contributed by atoms with Crippen LogP contribution in [0.15, 0.2) is 48.5 Å². The van der Waals surface area contributed by atoms with Crippen LogP contribution in [-0.2, 0) is 25.3 Å². The van der Waals surface area contributed by atoms with Crippen LogP contribution in [0.5, 0.6) is 0 Å². The molecule has 0 saturated heterocycles. The van der Waals surface area contributed by atoms with Gasteiger partial charge in [0.1, 0.15) is 13.1 Å². The number of nitrogens with one attached hydrogen (secondary N) is 1. The fraction of sp³-hybridized carbons (Fsp3) is 0.190. The summed E-state index contributed by atoms with van der Waals surface area (Å²) < 4.78 is 43.4. The molecular weight excluding hydrogens is 401 g/mol. The minimum atomic E-state index is -4.50. The molecule has 0 spiro atoms. The summed E-state index contributed by atoms with van der Waals surface area (Å²) in [6.07, 6.45) is -3.14. The average molecular weight is 418 g/mol. The van der Waals surface area contributed by atoms with E-state index in [-0.39, 0.29) is 24.2 Å². The second-order valence-corrected chi connectivity index (χ2v) is 6.44. The minimum Gasteiger partial charge on any atom is -0.468 e. The highest BCUT2D eigenvalue weighted by Gasteiger charge is 2.34. The molecule has 0 radical (unpaired) electrons. The first-order chi connectivity index (χ1) is 14.2. The van der Waals surface area contributed by atoms with E-state index in [0.717, 1.165) is 12.1 Å². The zero-order valence-electron chi connectivity index (χ0n) is 15.8. The SMILES string of the molecule is COC(=O)CNC(=O)CN1C(=O)/C(=C\c2cccc(C(F)(F)F)c2)c2ccccc21. The van der Waals surface area contributed by atoms with Crippen molar-refractivity contribution >= 4 is 35.1 Å². The largest absolute Gasteiger partial charge is 0.468 e. The molecule has 2 amide bonds. The number of nitrogens with zero attached hydrogens (tertiary/aromatic N) is 1. The van der Waals surface area contributed by atoms with Gasteiger partial charge in [-0.05, 0) is 29.8 Å². The Bertz CT molecular complexity index is 1030. The van der Waals surface area contributed by atoms with Crippen molar-refractivity contribution in [2.24, 2.45) is 0 Å². The molecule has 6 nitrogen and oxygen atoms in total. The number of carbonyl (C=O) groups is 3. The van der Waals surface area contributed by atoms with Gasteiger partial charge in [-0.3, -0.25) is 19.3 Å². The highest BCUT2D eigenvalue weighted by molar-refractivity contribution is 6.36. The van der Waals surface area contributed by atoms with E-state index in [1.54, 1.807) is 24.3 Å². The van der Waals surface area contributed by atoms with E-state index in [4.69, 9.17) is 0 Å². The Morgan fingerprint density at radius 1 is 1.13 bits per heavy atom. The quantitative estimate of drug-likeness (QED) is 0.599. The van der Waals surface area contributed by atoms with E-state index in [1.165, 1.54) is 30.2 Å². The molecule has 0 bridgehead atoms. The third kappa shape index (κ3) is 4.51. The molecule has 2 aromatic rings. The van der Waals surface area contributed by atoms with Gasteiger partial charge in [0.05, 0.1) is 18.4 Å². The van der Waals surface area contributed by atoms with Crippen molar-refractivity contribution in [2.45, 2.75) is 6.18 Å². The maximum absolute atomic E-state index is 13.0. The number of halogens is 3. The Morgan fingerprint density at radius 2 is 1.87 bits per heavy atom. The molecule has 0 aromatic heterocycles. The summed E-state index contributed by atoms with van der Waals surface area (Å²) in [6, 6.07) is 11.3. The highest BCUT2D eigenvalue weighted by atomic mass is 19.4. The second kappa shape index (κ2) is 8.40. The first-order valence-corrected chi connectivity index (χ1v) is 8.84. The average Bonchev–Trinajstić information content (AvgIpc) is 2.97. The molecule has 0 fully saturated rings. The van der Waals surface area contributed by atoms with Crippen LogP contribution in [0.25, 0.3) is 11.6 Å². The van der Waals surface area contributed by atoms with E-state index in [2.05, 4.69) is 10.1 Å². The molecule has 1 N–H and O–H groups in total. The number of methoxy groups -OCH3 is 1. The number of hydrogen-bond donors (Lipinski definition) is 1. The third-order valence-corrected chi connectivity index (χ3v) is 4.44. The molecule has 0 saturated carbocycles. The molecule has 9 heteroatoms. The molecule has 1 heterocycles. The number of amides is 2. The summed E-state index contributed by atoms with van der Waals surface area (Å²) in [4.78, 5) is 37.5. The number of fused-ring (bicyclic) bond motifs is 1. The number of alkyl halides is 3. The van der Waals surface area contributed by atoms with E-state index >= 15 is 0 Å². The molecule has 0 unspecified atom stereocenters. The Morgan fingerprint density at radius 3 is 2.57 bits per heavy atom. The van der Waals surface area contributed by atoms with Crippen LogP contribution >= 0.6 is 0 Å².